The number of halogens is 1. The summed E-state index contributed by atoms with van der Waals surface area (Å²) in [6.07, 6.45) is 1.56. The first kappa shape index (κ1) is 23.7. The van der Waals surface area contributed by atoms with Crippen LogP contribution >= 0.6 is 11.6 Å². The molecule has 1 fully saturated rings. The number of benzene rings is 2. The van der Waals surface area contributed by atoms with Gasteiger partial charge in [-0.1, -0.05) is 29.8 Å². The summed E-state index contributed by atoms with van der Waals surface area (Å²) in [5, 5.41) is 12.2. The molecular formula is C25H26ClN5O3. The van der Waals surface area contributed by atoms with Gasteiger partial charge in [-0.3, -0.25) is 14.5 Å². The van der Waals surface area contributed by atoms with Crippen LogP contribution in [0.15, 0.2) is 47.5 Å². The minimum atomic E-state index is -0.979. The summed E-state index contributed by atoms with van der Waals surface area (Å²) in [6, 6.07) is 13.6. The van der Waals surface area contributed by atoms with Gasteiger partial charge in [0.25, 0.3) is 5.91 Å². The Morgan fingerprint density at radius 3 is 2.82 bits per heavy atom. The van der Waals surface area contributed by atoms with Crippen LogP contribution in [0.25, 0.3) is 0 Å². The molecule has 2 aliphatic heterocycles. The number of hydrogen-bond acceptors (Lipinski definition) is 6. The molecule has 3 atom stereocenters. The van der Waals surface area contributed by atoms with Gasteiger partial charge in [-0.2, -0.15) is 5.26 Å². The zero-order chi connectivity index (χ0) is 24.5. The lowest BCUT2D eigenvalue weighted by Crippen LogP contribution is -2.56. The summed E-state index contributed by atoms with van der Waals surface area (Å²) < 4.78 is 5.60. The number of nitrogens with zero attached hydrogens (tertiary/aromatic N) is 3. The lowest BCUT2D eigenvalue weighted by Gasteiger charge is -2.41. The van der Waals surface area contributed by atoms with Gasteiger partial charge >= 0.3 is 0 Å². The molecule has 2 aliphatic rings. The first-order valence-electron chi connectivity index (χ1n) is 11.1. The molecule has 2 aromatic carbocycles. The summed E-state index contributed by atoms with van der Waals surface area (Å²) in [6.45, 7) is 4.37. The Morgan fingerprint density at radius 1 is 1.35 bits per heavy atom. The maximum Gasteiger partial charge on any atom is 0.255 e. The molecule has 0 aliphatic carbocycles. The molecule has 0 aromatic heterocycles. The van der Waals surface area contributed by atoms with E-state index in [1.807, 2.05) is 19.9 Å². The van der Waals surface area contributed by atoms with Gasteiger partial charge in [0, 0.05) is 23.8 Å². The van der Waals surface area contributed by atoms with Gasteiger partial charge in [0.05, 0.1) is 40.4 Å². The van der Waals surface area contributed by atoms with E-state index in [4.69, 9.17) is 32.3 Å². The van der Waals surface area contributed by atoms with Gasteiger partial charge in [-0.15, -0.1) is 0 Å². The van der Waals surface area contributed by atoms with Crippen molar-refractivity contribution in [3.63, 3.8) is 0 Å². The van der Waals surface area contributed by atoms with E-state index in [2.05, 4.69) is 5.32 Å². The maximum atomic E-state index is 13.2. The number of rotatable bonds is 4. The second-order valence-electron chi connectivity index (χ2n) is 8.86. The normalized spacial score (nSPS) is 24.8. The Hall–Kier alpha value is -3.41. The highest BCUT2D eigenvalue weighted by atomic mass is 35.5. The van der Waals surface area contributed by atoms with E-state index in [9.17, 15) is 9.59 Å². The molecule has 2 amide bonds. The van der Waals surface area contributed by atoms with Gasteiger partial charge < -0.3 is 15.8 Å². The zero-order valence-corrected chi connectivity index (χ0v) is 19.8. The zero-order valence-electron chi connectivity index (χ0n) is 19.0. The van der Waals surface area contributed by atoms with Crippen molar-refractivity contribution in [1.29, 1.82) is 5.26 Å². The number of nitrogens with two attached hydrogens (primary N) is 1. The SMILES string of the molecule is CC1CC(N2C(=O)CC(C)(c3cccc(NC(=O)c4cccc(C#N)c4)c3Cl)N=C2N)CCO1. The minimum Gasteiger partial charge on any atom is -0.378 e. The highest BCUT2D eigenvalue weighted by Gasteiger charge is 2.42. The van der Waals surface area contributed by atoms with Crippen LogP contribution in [0.2, 0.25) is 5.02 Å². The predicted octanol–water partition coefficient (Wildman–Crippen LogP) is 3.79. The number of hydrogen-bond donors (Lipinski definition) is 2. The smallest absolute Gasteiger partial charge is 0.255 e. The van der Waals surface area contributed by atoms with Crippen LogP contribution in [0.1, 0.15) is 54.6 Å². The van der Waals surface area contributed by atoms with Crippen LogP contribution in [-0.4, -0.2) is 41.4 Å². The molecule has 4 rings (SSSR count). The van der Waals surface area contributed by atoms with E-state index in [0.717, 1.165) is 0 Å². The average molecular weight is 480 g/mol. The van der Waals surface area contributed by atoms with Crippen molar-refractivity contribution in [2.24, 2.45) is 10.7 Å². The molecule has 3 N–H and O–H groups in total. The summed E-state index contributed by atoms with van der Waals surface area (Å²) in [4.78, 5) is 32.2. The third-order valence-corrected chi connectivity index (χ3v) is 6.68. The Labute approximate surface area is 203 Å². The average Bonchev–Trinajstić information content (AvgIpc) is 2.80. The molecule has 0 radical (unpaired) electrons. The van der Waals surface area contributed by atoms with E-state index in [0.29, 0.717) is 41.8 Å². The van der Waals surface area contributed by atoms with Crippen LogP contribution in [0.5, 0.6) is 0 Å². The number of guanidine groups is 1. The molecule has 0 bridgehead atoms. The van der Waals surface area contributed by atoms with E-state index < -0.39 is 11.4 Å². The maximum absolute atomic E-state index is 13.2. The standard InChI is InChI=1S/C25H26ClN5O3/c1-15-11-18(9-10-34-15)31-21(32)13-25(2,30-24(31)28)19-7-4-8-20(22(19)26)29-23(33)17-6-3-5-16(12-17)14-27/h3-8,12,15,18H,9-11,13H2,1-2H3,(H2,28,30)(H,29,33). The lowest BCUT2D eigenvalue weighted by atomic mass is 9.86. The van der Waals surface area contributed by atoms with Crippen molar-refractivity contribution in [2.45, 2.75) is 50.8 Å². The van der Waals surface area contributed by atoms with E-state index in [1.165, 1.54) is 6.07 Å². The van der Waals surface area contributed by atoms with Crippen molar-refractivity contribution in [1.82, 2.24) is 4.90 Å². The second kappa shape index (κ2) is 9.45. The number of carbonyl (C=O) groups excluding carboxylic acids is 2. The van der Waals surface area contributed by atoms with Crippen molar-refractivity contribution in [2.75, 3.05) is 11.9 Å². The third-order valence-electron chi connectivity index (χ3n) is 6.28. The number of anilines is 1. The lowest BCUT2D eigenvalue weighted by molar-refractivity contribution is -0.133. The number of amides is 2. The number of nitrogens with one attached hydrogen (secondary N) is 1. The van der Waals surface area contributed by atoms with E-state index >= 15 is 0 Å². The first-order valence-corrected chi connectivity index (χ1v) is 11.5. The molecule has 34 heavy (non-hydrogen) atoms. The number of nitriles is 1. The number of ether oxygens (including phenoxy) is 1. The fraction of sp³-hybridized carbons (Fsp3) is 0.360. The molecule has 9 heteroatoms. The van der Waals surface area contributed by atoms with E-state index in [-0.39, 0.29) is 35.5 Å². The van der Waals surface area contributed by atoms with Crippen LogP contribution < -0.4 is 11.1 Å². The number of carbonyl (C=O) groups is 2. The Balaban J connectivity index is 1.61. The Morgan fingerprint density at radius 2 is 2.12 bits per heavy atom. The van der Waals surface area contributed by atoms with Crippen molar-refractivity contribution < 1.29 is 14.3 Å². The van der Waals surface area contributed by atoms with Gasteiger partial charge in [0.1, 0.15) is 0 Å². The third kappa shape index (κ3) is 4.63. The highest BCUT2D eigenvalue weighted by Crippen LogP contribution is 2.41. The Bertz CT molecular complexity index is 1210. The van der Waals surface area contributed by atoms with Crippen LogP contribution in [0.3, 0.4) is 0 Å². The van der Waals surface area contributed by atoms with Crippen molar-refractivity contribution in [3.05, 3.63) is 64.2 Å². The fourth-order valence-corrected chi connectivity index (χ4v) is 4.95. The molecule has 176 valence electrons. The molecular weight excluding hydrogens is 454 g/mol. The van der Waals surface area contributed by atoms with Gasteiger partial charge in [-0.25, -0.2) is 4.99 Å². The van der Waals surface area contributed by atoms with Gasteiger partial charge in [0.15, 0.2) is 5.96 Å². The molecule has 3 unspecified atom stereocenters. The molecule has 0 saturated carbocycles. The summed E-state index contributed by atoms with van der Waals surface area (Å²) in [7, 11) is 0. The van der Waals surface area contributed by atoms with Crippen LogP contribution in [0, 0.1) is 11.3 Å². The fourth-order valence-electron chi connectivity index (χ4n) is 4.58. The highest BCUT2D eigenvalue weighted by molar-refractivity contribution is 6.35. The van der Waals surface area contributed by atoms with E-state index in [1.54, 1.807) is 41.3 Å². The summed E-state index contributed by atoms with van der Waals surface area (Å²) >= 11 is 6.70. The molecule has 2 aromatic rings. The second-order valence-corrected chi connectivity index (χ2v) is 9.24. The van der Waals surface area contributed by atoms with Crippen molar-refractivity contribution >= 4 is 35.1 Å². The topological polar surface area (TPSA) is 121 Å². The van der Waals surface area contributed by atoms with Gasteiger partial charge in [-0.05, 0) is 51.0 Å². The Kier molecular flexibility index (Phi) is 6.60. The molecule has 2 heterocycles. The van der Waals surface area contributed by atoms with Crippen molar-refractivity contribution in [3.8, 4) is 6.07 Å². The summed E-state index contributed by atoms with van der Waals surface area (Å²) in [5.41, 5.74) is 7.02. The summed E-state index contributed by atoms with van der Waals surface area (Å²) in [5.74, 6) is -0.353. The quantitative estimate of drug-likeness (QED) is 0.691. The number of aliphatic imine (C=N–C) groups is 1. The molecule has 1 saturated heterocycles. The predicted molar refractivity (Wildman–Crippen MR) is 129 cm³/mol. The molecule has 0 spiro atoms. The monoisotopic (exact) mass is 479 g/mol. The first-order chi connectivity index (χ1) is 16.2. The van der Waals surface area contributed by atoms with Crippen LogP contribution in [-0.2, 0) is 15.1 Å². The van der Waals surface area contributed by atoms with Gasteiger partial charge in [0.2, 0.25) is 5.91 Å². The largest absolute Gasteiger partial charge is 0.378 e. The molecule has 8 nitrogen and oxygen atoms in total. The minimum absolute atomic E-state index is 0.0465. The van der Waals surface area contributed by atoms with Crippen LogP contribution in [0.4, 0.5) is 5.69 Å².